The molecule has 0 amide bonds. The molecule has 0 aromatic carbocycles. The minimum atomic E-state index is 0.329. The molecule has 0 spiro atoms. The molecule has 1 aliphatic heterocycles. The molecule has 1 unspecified atom stereocenters. The highest BCUT2D eigenvalue weighted by atomic mass is 15.2. The van der Waals surface area contributed by atoms with E-state index in [1.165, 1.54) is 31.6 Å². The summed E-state index contributed by atoms with van der Waals surface area (Å²) in [7, 11) is 0. The quantitative estimate of drug-likeness (QED) is 0.887. The summed E-state index contributed by atoms with van der Waals surface area (Å²) in [6, 6.07) is 0.329. The van der Waals surface area contributed by atoms with Crippen molar-refractivity contribution in [2.75, 3.05) is 19.6 Å². The van der Waals surface area contributed by atoms with Gasteiger partial charge in [0, 0.05) is 19.3 Å². The van der Waals surface area contributed by atoms with Crippen molar-refractivity contribution in [1.82, 2.24) is 14.5 Å². The summed E-state index contributed by atoms with van der Waals surface area (Å²) in [5, 5.41) is 0. The second-order valence-electron chi connectivity index (χ2n) is 5.97. The van der Waals surface area contributed by atoms with E-state index in [4.69, 9.17) is 5.73 Å². The largest absolute Gasteiger partial charge is 0.333 e. The number of nitrogens with two attached hydrogens (primary N) is 1. The van der Waals surface area contributed by atoms with Crippen LogP contribution in [0.2, 0.25) is 0 Å². The highest BCUT2D eigenvalue weighted by Crippen LogP contribution is 2.29. The Hall–Kier alpha value is -0.870. The maximum atomic E-state index is 6.03. The average Bonchev–Trinajstić information content (AvgIpc) is 2.88. The molecule has 4 nitrogen and oxygen atoms in total. The zero-order valence-electron chi connectivity index (χ0n) is 12.5. The minimum absolute atomic E-state index is 0.329. The second-order valence-corrected chi connectivity index (χ2v) is 5.97. The van der Waals surface area contributed by atoms with Crippen molar-refractivity contribution < 1.29 is 0 Å². The second kappa shape index (κ2) is 6.53. The third-order valence-corrected chi connectivity index (χ3v) is 4.61. The number of piperidine rings is 1. The molecule has 108 valence electrons. The Labute approximate surface area is 117 Å². The van der Waals surface area contributed by atoms with Gasteiger partial charge in [0.1, 0.15) is 0 Å². The molecule has 0 aliphatic carbocycles. The van der Waals surface area contributed by atoms with Gasteiger partial charge in [-0.2, -0.15) is 0 Å². The summed E-state index contributed by atoms with van der Waals surface area (Å²) in [5.41, 5.74) is 7.30. The molecule has 1 aliphatic rings. The first-order valence-electron chi connectivity index (χ1n) is 7.61. The lowest BCUT2D eigenvalue weighted by atomic mass is 9.86. The molecule has 1 atom stereocenters. The lowest BCUT2D eigenvalue weighted by molar-refractivity contribution is 0.114. The molecule has 0 radical (unpaired) electrons. The Morgan fingerprint density at radius 1 is 1.37 bits per heavy atom. The van der Waals surface area contributed by atoms with Gasteiger partial charge in [-0.05, 0) is 44.7 Å². The first-order valence-corrected chi connectivity index (χ1v) is 7.61. The molecule has 1 aromatic rings. The summed E-state index contributed by atoms with van der Waals surface area (Å²) in [5.74, 6) is 1.69. The molecule has 1 fully saturated rings. The zero-order chi connectivity index (χ0) is 13.8. The number of imidazole rings is 1. The minimum Gasteiger partial charge on any atom is -0.333 e. The number of rotatable bonds is 5. The van der Waals surface area contributed by atoms with Gasteiger partial charge in [-0.1, -0.05) is 13.8 Å². The Morgan fingerprint density at radius 2 is 2.05 bits per heavy atom. The van der Waals surface area contributed by atoms with E-state index < -0.39 is 0 Å². The van der Waals surface area contributed by atoms with Crippen molar-refractivity contribution in [3.05, 3.63) is 18.2 Å². The number of hydrogen-bond acceptors (Lipinski definition) is 3. The van der Waals surface area contributed by atoms with Gasteiger partial charge in [0.15, 0.2) is 0 Å². The maximum absolute atomic E-state index is 6.03. The van der Waals surface area contributed by atoms with Gasteiger partial charge in [0.05, 0.1) is 18.1 Å². The van der Waals surface area contributed by atoms with Gasteiger partial charge in [0.25, 0.3) is 0 Å². The number of nitrogens with zero attached hydrogens (tertiary/aromatic N) is 3. The van der Waals surface area contributed by atoms with E-state index in [9.17, 15) is 0 Å². The smallest absolute Gasteiger partial charge is 0.0948 e. The molecule has 19 heavy (non-hydrogen) atoms. The predicted molar refractivity (Wildman–Crippen MR) is 78.8 cm³/mol. The molecule has 2 rings (SSSR count). The van der Waals surface area contributed by atoms with Gasteiger partial charge < -0.3 is 10.3 Å². The number of aromatic nitrogens is 2. The standard InChI is InChI=1S/C15H28N4/c1-4-18-11-17-10-15(18)14(9-16)19-7-5-13(6-8-19)12(2)3/h10-14H,4-9,16H2,1-3H3. The van der Waals surface area contributed by atoms with Crippen LogP contribution in [0.3, 0.4) is 0 Å². The molecule has 0 saturated carbocycles. The van der Waals surface area contributed by atoms with E-state index in [1.54, 1.807) is 0 Å². The fourth-order valence-electron chi connectivity index (χ4n) is 3.23. The highest BCUT2D eigenvalue weighted by Gasteiger charge is 2.28. The monoisotopic (exact) mass is 264 g/mol. The van der Waals surface area contributed by atoms with Gasteiger partial charge in [0.2, 0.25) is 0 Å². The van der Waals surface area contributed by atoms with Gasteiger partial charge in [-0.15, -0.1) is 0 Å². The normalized spacial score (nSPS) is 20.1. The number of aryl methyl sites for hydroxylation is 1. The molecule has 1 aromatic heterocycles. The van der Waals surface area contributed by atoms with Crippen molar-refractivity contribution in [2.45, 2.75) is 46.2 Å². The maximum Gasteiger partial charge on any atom is 0.0948 e. The van der Waals surface area contributed by atoms with Crippen LogP contribution in [0.5, 0.6) is 0 Å². The summed E-state index contributed by atoms with van der Waals surface area (Å²) < 4.78 is 2.21. The molecule has 4 heteroatoms. The van der Waals surface area contributed by atoms with E-state index >= 15 is 0 Å². The fourth-order valence-corrected chi connectivity index (χ4v) is 3.23. The third kappa shape index (κ3) is 3.18. The van der Waals surface area contributed by atoms with Crippen molar-refractivity contribution >= 4 is 0 Å². The lowest BCUT2D eigenvalue weighted by Crippen LogP contribution is -2.41. The van der Waals surface area contributed by atoms with E-state index in [0.29, 0.717) is 12.6 Å². The molecular weight excluding hydrogens is 236 g/mol. The predicted octanol–water partition coefficient (Wildman–Crippen LogP) is 2.27. The highest BCUT2D eigenvalue weighted by molar-refractivity contribution is 5.07. The van der Waals surface area contributed by atoms with E-state index in [0.717, 1.165) is 18.4 Å². The number of hydrogen-bond donors (Lipinski definition) is 1. The van der Waals surface area contributed by atoms with Crippen LogP contribution in [0.1, 0.15) is 45.3 Å². The van der Waals surface area contributed by atoms with Crippen LogP contribution < -0.4 is 5.73 Å². The fraction of sp³-hybridized carbons (Fsp3) is 0.800. The van der Waals surface area contributed by atoms with Gasteiger partial charge in [-0.25, -0.2) is 4.98 Å². The topological polar surface area (TPSA) is 47.1 Å². The van der Waals surface area contributed by atoms with Crippen molar-refractivity contribution in [2.24, 2.45) is 17.6 Å². The SMILES string of the molecule is CCn1cncc1C(CN)N1CCC(C(C)C)CC1. The first kappa shape index (κ1) is 14.5. The van der Waals surface area contributed by atoms with Crippen LogP contribution in [-0.2, 0) is 6.54 Å². The van der Waals surface area contributed by atoms with Crippen LogP contribution >= 0.6 is 0 Å². The summed E-state index contributed by atoms with van der Waals surface area (Å²) in [4.78, 5) is 6.82. The molecule has 1 saturated heterocycles. The first-order chi connectivity index (χ1) is 9.17. The third-order valence-electron chi connectivity index (χ3n) is 4.61. The van der Waals surface area contributed by atoms with Crippen LogP contribution in [0.15, 0.2) is 12.5 Å². The Kier molecular flexibility index (Phi) is 4.99. The summed E-state index contributed by atoms with van der Waals surface area (Å²) in [6.45, 7) is 10.8. The van der Waals surface area contributed by atoms with Crippen LogP contribution in [0, 0.1) is 11.8 Å². The molecular formula is C15H28N4. The lowest BCUT2D eigenvalue weighted by Gasteiger charge is -2.38. The summed E-state index contributed by atoms with van der Waals surface area (Å²) >= 11 is 0. The molecule has 2 heterocycles. The van der Waals surface area contributed by atoms with E-state index in [2.05, 4.69) is 35.2 Å². The van der Waals surface area contributed by atoms with Crippen LogP contribution in [0.25, 0.3) is 0 Å². The Bertz CT molecular complexity index is 377. The number of likely N-dealkylation sites (tertiary alicyclic amines) is 1. The average molecular weight is 264 g/mol. The Balaban J connectivity index is 2.04. The Morgan fingerprint density at radius 3 is 2.58 bits per heavy atom. The molecule has 2 N–H and O–H groups in total. The van der Waals surface area contributed by atoms with Crippen LogP contribution in [-0.4, -0.2) is 34.1 Å². The van der Waals surface area contributed by atoms with E-state index in [-0.39, 0.29) is 0 Å². The van der Waals surface area contributed by atoms with Crippen molar-refractivity contribution in [3.63, 3.8) is 0 Å². The zero-order valence-corrected chi connectivity index (χ0v) is 12.5. The van der Waals surface area contributed by atoms with Crippen molar-refractivity contribution in [1.29, 1.82) is 0 Å². The van der Waals surface area contributed by atoms with E-state index in [1.807, 2.05) is 12.5 Å². The van der Waals surface area contributed by atoms with Gasteiger partial charge >= 0.3 is 0 Å². The van der Waals surface area contributed by atoms with Crippen molar-refractivity contribution in [3.8, 4) is 0 Å². The molecule has 0 bridgehead atoms. The summed E-state index contributed by atoms with van der Waals surface area (Å²) in [6.07, 6.45) is 6.50. The van der Waals surface area contributed by atoms with Gasteiger partial charge in [-0.3, -0.25) is 4.90 Å². The van der Waals surface area contributed by atoms with Crippen LogP contribution in [0.4, 0.5) is 0 Å².